The van der Waals surface area contributed by atoms with Crippen molar-refractivity contribution < 1.29 is 18.3 Å². The van der Waals surface area contributed by atoms with E-state index >= 15 is 0 Å². The molecule has 1 aromatic rings. The van der Waals surface area contributed by atoms with Crippen molar-refractivity contribution in [3.63, 3.8) is 0 Å². The van der Waals surface area contributed by atoms with Crippen LogP contribution in [0.3, 0.4) is 0 Å². The SMILES string of the molecule is COc1[c]ncc(OC(F)F)c1. The van der Waals surface area contributed by atoms with Gasteiger partial charge in [0.15, 0.2) is 5.75 Å². The van der Waals surface area contributed by atoms with E-state index in [1.165, 1.54) is 13.2 Å². The van der Waals surface area contributed by atoms with Crippen molar-refractivity contribution >= 4 is 0 Å². The summed E-state index contributed by atoms with van der Waals surface area (Å²) in [6.07, 6.45) is 3.57. The lowest BCUT2D eigenvalue weighted by Gasteiger charge is -2.04. The predicted octanol–water partition coefficient (Wildman–Crippen LogP) is 1.49. The molecule has 65 valence electrons. The van der Waals surface area contributed by atoms with Gasteiger partial charge in [-0.3, -0.25) is 0 Å². The number of halogens is 2. The predicted molar refractivity (Wildman–Crippen MR) is 36.3 cm³/mol. The van der Waals surface area contributed by atoms with Gasteiger partial charge in [0.25, 0.3) is 0 Å². The second-order valence-corrected chi connectivity index (χ2v) is 1.86. The Morgan fingerprint density at radius 2 is 2.33 bits per heavy atom. The summed E-state index contributed by atoms with van der Waals surface area (Å²) in [6, 6.07) is 1.28. The largest absolute Gasteiger partial charge is 0.494 e. The van der Waals surface area contributed by atoms with E-state index in [2.05, 4.69) is 15.9 Å². The molecule has 0 atom stereocenters. The topological polar surface area (TPSA) is 31.4 Å². The van der Waals surface area contributed by atoms with Crippen LogP contribution >= 0.6 is 0 Å². The Morgan fingerprint density at radius 1 is 1.58 bits per heavy atom. The van der Waals surface area contributed by atoms with Crippen LogP contribution in [0.2, 0.25) is 0 Å². The zero-order chi connectivity index (χ0) is 8.97. The maximum Gasteiger partial charge on any atom is 0.387 e. The van der Waals surface area contributed by atoms with Gasteiger partial charge in [-0.2, -0.15) is 8.78 Å². The monoisotopic (exact) mass is 174 g/mol. The van der Waals surface area contributed by atoms with Gasteiger partial charge in [-0.05, 0) is 0 Å². The second-order valence-electron chi connectivity index (χ2n) is 1.86. The molecule has 0 spiro atoms. The van der Waals surface area contributed by atoms with Gasteiger partial charge in [-0.1, -0.05) is 0 Å². The van der Waals surface area contributed by atoms with Crippen LogP contribution in [0.4, 0.5) is 8.78 Å². The average Bonchev–Trinajstić information content (AvgIpc) is 2.03. The molecule has 5 heteroatoms. The molecule has 1 heterocycles. The van der Waals surface area contributed by atoms with Crippen molar-refractivity contribution in [2.24, 2.45) is 0 Å². The summed E-state index contributed by atoms with van der Waals surface area (Å²) in [5.41, 5.74) is 0. The van der Waals surface area contributed by atoms with Crippen molar-refractivity contribution in [3.8, 4) is 11.5 Å². The van der Waals surface area contributed by atoms with Crippen LogP contribution in [0.15, 0.2) is 12.3 Å². The molecule has 0 aliphatic rings. The van der Waals surface area contributed by atoms with Gasteiger partial charge in [0.1, 0.15) is 11.9 Å². The summed E-state index contributed by atoms with van der Waals surface area (Å²) in [4.78, 5) is 3.50. The highest BCUT2D eigenvalue weighted by molar-refractivity contribution is 5.27. The smallest absolute Gasteiger partial charge is 0.387 e. The maximum absolute atomic E-state index is 11.7. The number of methoxy groups -OCH3 is 1. The highest BCUT2D eigenvalue weighted by atomic mass is 19.3. The normalized spacial score (nSPS) is 10.0. The van der Waals surface area contributed by atoms with E-state index in [0.717, 1.165) is 6.20 Å². The molecule has 0 unspecified atom stereocenters. The molecule has 0 amide bonds. The van der Waals surface area contributed by atoms with Gasteiger partial charge in [0.2, 0.25) is 0 Å². The van der Waals surface area contributed by atoms with E-state index in [4.69, 9.17) is 4.74 Å². The van der Waals surface area contributed by atoms with E-state index in [-0.39, 0.29) is 11.5 Å². The second kappa shape index (κ2) is 3.85. The first-order valence-electron chi connectivity index (χ1n) is 3.09. The standard InChI is InChI=1S/C7H6F2NO2/c1-11-5-2-6(4-10-3-5)12-7(8)9/h2,4,7H,1H3. The number of hydrogen-bond donors (Lipinski definition) is 0. The number of rotatable bonds is 3. The van der Waals surface area contributed by atoms with Gasteiger partial charge in [0, 0.05) is 6.07 Å². The number of pyridine rings is 1. The van der Waals surface area contributed by atoms with Crippen LogP contribution in [0.25, 0.3) is 0 Å². The summed E-state index contributed by atoms with van der Waals surface area (Å²) in [5.74, 6) is 0.216. The van der Waals surface area contributed by atoms with Gasteiger partial charge in [0.05, 0.1) is 13.3 Å². The minimum absolute atomic E-state index is 0.0411. The molecular formula is C7H6F2NO2. The van der Waals surface area contributed by atoms with E-state index in [1.807, 2.05) is 0 Å². The first-order valence-corrected chi connectivity index (χ1v) is 3.09. The molecule has 1 radical (unpaired) electrons. The quantitative estimate of drug-likeness (QED) is 0.695. The average molecular weight is 174 g/mol. The summed E-state index contributed by atoms with van der Waals surface area (Å²) in [5, 5.41) is 0. The molecule has 0 N–H and O–H groups in total. The molecule has 12 heavy (non-hydrogen) atoms. The minimum Gasteiger partial charge on any atom is -0.494 e. The fraction of sp³-hybridized carbons (Fsp3) is 0.286. The lowest BCUT2D eigenvalue weighted by Crippen LogP contribution is -2.02. The zero-order valence-electron chi connectivity index (χ0n) is 6.25. The number of ether oxygens (including phenoxy) is 2. The third-order valence-electron chi connectivity index (χ3n) is 1.08. The number of alkyl halides is 2. The van der Waals surface area contributed by atoms with Crippen molar-refractivity contribution in [2.75, 3.05) is 7.11 Å². The van der Waals surface area contributed by atoms with Crippen LogP contribution < -0.4 is 9.47 Å². The lowest BCUT2D eigenvalue weighted by molar-refractivity contribution is -0.0501. The molecule has 0 saturated heterocycles. The number of aromatic nitrogens is 1. The van der Waals surface area contributed by atoms with Gasteiger partial charge in [-0.15, -0.1) is 0 Å². The van der Waals surface area contributed by atoms with Crippen LogP contribution in [0, 0.1) is 6.20 Å². The van der Waals surface area contributed by atoms with E-state index < -0.39 is 6.61 Å². The van der Waals surface area contributed by atoms with Crippen LogP contribution in [0.1, 0.15) is 0 Å². The third-order valence-corrected chi connectivity index (χ3v) is 1.08. The van der Waals surface area contributed by atoms with Crippen molar-refractivity contribution in [2.45, 2.75) is 6.61 Å². The first-order chi connectivity index (χ1) is 5.72. The Kier molecular flexibility index (Phi) is 2.79. The molecule has 0 fully saturated rings. The third kappa shape index (κ3) is 2.34. The van der Waals surface area contributed by atoms with Crippen LogP contribution in [0.5, 0.6) is 11.5 Å². The Morgan fingerprint density at radius 3 is 2.92 bits per heavy atom. The molecule has 1 rings (SSSR count). The summed E-state index contributed by atoms with van der Waals surface area (Å²) >= 11 is 0. The van der Waals surface area contributed by atoms with Crippen molar-refractivity contribution in [3.05, 3.63) is 18.5 Å². The lowest BCUT2D eigenvalue weighted by atomic mass is 10.4. The summed E-state index contributed by atoms with van der Waals surface area (Å²) in [7, 11) is 1.39. The van der Waals surface area contributed by atoms with Crippen molar-refractivity contribution in [1.29, 1.82) is 0 Å². The van der Waals surface area contributed by atoms with Crippen molar-refractivity contribution in [1.82, 2.24) is 4.98 Å². The molecular weight excluding hydrogens is 168 g/mol. The Labute approximate surface area is 67.9 Å². The molecule has 1 aromatic heterocycles. The molecule has 0 aromatic carbocycles. The fourth-order valence-corrected chi connectivity index (χ4v) is 0.630. The van der Waals surface area contributed by atoms with E-state index in [9.17, 15) is 8.78 Å². The molecule has 0 aliphatic carbocycles. The van der Waals surface area contributed by atoms with Gasteiger partial charge < -0.3 is 9.47 Å². The number of nitrogens with zero attached hydrogens (tertiary/aromatic N) is 1. The highest BCUT2D eigenvalue weighted by Gasteiger charge is 2.04. The molecule has 0 saturated carbocycles. The number of hydrogen-bond acceptors (Lipinski definition) is 3. The first kappa shape index (κ1) is 8.70. The van der Waals surface area contributed by atoms with Gasteiger partial charge >= 0.3 is 6.61 Å². The van der Waals surface area contributed by atoms with Crippen LogP contribution in [-0.4, -0.2) is 18.7 Å². The zero-order valence-corrected chi connectivity index (χ0v) is 6.25. The van der Waals surface area contributed by atoms with Gasteiger partial charge in [-0.25, -0.2) is 4.98 Å². The molecule has 0 bridgehead atoms. The highest BCUT2D eigenvalue weighted by Crippen LogP contribution is 2.17. The Balaban J connectivity index is 2.72. The summed E-state index contributed by atoms with van der Waals surface area (Å²) in [6.45, 7) is -2.85. The molecule has 3 nitrogen and oxygen atoms in total. The van der Waals surface area contributed by atoms with E-state index in [0.29, 0.717) is 0 Å². The fourth-order valence-electron chi connectivity index (χ4n) is 0.630. The maximum atomic E-state index is 11.7. The Hall–Kier alpha value is -1.39. The van der Waals surface area contributed by atoms with E-state index in [1.54, 1.807) is 0 Å². The minimum atomic E-state index is -2.85. The molecule has 0 aliphatic heterocycles. The summed E-state index contributed by atoms with van der Waals surface area (Å²) < 4.78 is 32.1. The van der Waals surface area contributed by atoms with Crippen LogP contribution in [-0.2, 0) is 0 Å². The Bertz CT molecular complexity index is 255.